The fraction of sp³-hybridized carbons (Fsp3) is 0.143. The standard InChI is InChI=1S/C7H7O3PS/c1-8-11(12)9-6-4-2-3-5-7(6)10-11/h2-5H,1H3. The van der Waals surface area contributed by atoms with Crippen molar-refractivity contribution >= 4 is 18.5 Å². The zero-order chi connectivity index (χ0) is 8.60. The maximum atomic E-state index is 5.33. The summed E-state index contributed by atoms with van der Waals surface area (Å²) in [5.74, 6) is 1.34. The van der Waals surface area contributed by atoms with Gasteiger partial charge in [0.25, 0.3) is 0 Å². The third kappa shape index (κ3) is 1.22. The second-order valence-corrected chi connectivity index (χ2v) is 5.23. The van der Waals surface area contributed by atoms with E-state index in [-0.39, 0.29) is 0 Å². The first-order chi connectivity index (χ1) is 5.73. The van der Waals surface area contributed by atoms with Crippen LogP contribution in [-0.4, -0.2) is 7.11 Å². The van der Waals surface area contributed by atoms with Gasteiger partial charge in [-0.15, -0.1) is 0 Å². The van der Waals surface area contributed by atoms with Gasteiger partial charge >= 0.3 is 6.72 Å². The zero-order valence-electron chi connectivity index (χ0n) is 6.39. The fourth-order valence-corrected chi connectivity index (χ4v) is 2.39. The maximum Gasteiger partial charge on any atom is 0.434 e. The molecule has 0 radical (unpaired) electrons. The quantitative estimate of drug-likeness (QED) is 0.653. The minimum atomic E-state index is -2.50. The van der Waals surface area contributed by atoms with Crippen molar-refractivity contribution in [2.45, 2.75) is 0 Å². The average Bonchev–Trinajstić information content (AvgIpc) is 2.42. The van der Waals surface area contributed by atoms with Crippen LogP contribution in [0.25, 0.3) is 0 Å². The molecule has 0 unspecified atom stereocenters. The molecule has 5 heteroatoms. The number of fused-ring (bicyclic) bond motifs is 1. The highest BCUT2D eigenvalue weighted by atomic mass is 32.5. The van der Waals surface area contributed by atoms with E-state index in [2.05, 4.69) is 0 Å². The normalized spacial score (nSPS) is 17.8. The summed E-state index contributed by atoms with van der Waals surface area (Å²) in [6, 6.07) is 7.34. The summed E-state index contributed by atoms with van der Waals surface area (Å²) in [5.41, 5.74) is 0. The molecule has 0 bridgehead atoms. The lowest BCUT2D eigenvalue weighted by Crippen LogP contribution is -1.92. The second kappa shape index (κ2) is 2.73. The molecule has 0 amide bonds. The number of benzene rings is 1. The van der Waals surface area contributed by atoms with Crippen molar-refractivity contribution in [1.29, 1.82) is 0 Å². The van der Waals surface area contributed by atoms with Gasteiger partial charge in [0.15, 0.2) is 11.5 Å². The molecule has 0 aromatic heterocycles. The van der Waals surface area contributed by atoms with Gasteiger partial charge in [-0.1, -0.05) is 12.1 Å². The van der Waals surface area contributed by atoms with E-state index in [9.17, 15) is 0 Å². The van der Waals surface area contributed by atoms with E-state index >= 15 is 0 Å². The van der Waals surface area contributed by atoms with Crippen LogP contribution in [0.4, 0.5) is 0 Å². The Morgan fingerprint density at radius 1 is 1.25 bits per heavy atom. The van der Waals surface area contributed by atoms with Crippen LogP contribution in [0, 0.1) is 0 Å². The van der Waals surface area contributed by atoms with Crippen molar-refractivity contribution in [1.82, 2.24) is 0 Å². The van der Waals surface area contributed by atoms with Crippen molar-refractivity contribution < 1.29 is 13.6 Å². The number of rotatable bonds is 1. The van der Waals surface area contributed by atoms with Crippen LogP contribution in [0.1, 0.15) is 0 Å². The van der Waals surface area contributed by atoms with Gasteiger partial charge in [-0.3, -0.25) is 4.52 Å². The topological polar surface area (TPSA) is 27.7 Å². The van der Waals surface area contributed by atoms with Crippen LogP contribution in [0.15, 0.2) is 24.3 Å². The van der Waals surface area contributed by atoms with Gasteiger partial charge in [0.1, 0.15) is 0 Å². The molecule has 0 N–H and O–H groups in total. The Morgan fingerprint density at radius 2 is 1.75 bits per heavy atom. The summed E-state index contributed by atoms with van der Waals surface area (Å²) < 4.78 is 15.6. The van der Waals surface area contributed by atoms with Gasteiger partial charge < -0.3 is 9.05 Å². The minimum Gasteiger partial charge on any atom is -0.412 e. The lowest BCUT2D eigenvalue weighted by molar-refractivity contribution is 0.349. The Kier molecular flexibility index (Phi) is 1.83. The third-order valence-corrected chi connectivity index (χ3v) is 3.68. The molecule has 64 valence electrons. The second-order valence-electron chi connectivity index (χ2n) is 2.26. The highest BCUT2D eigenvalue weighted by Crippen LogP contribution is 2.58. The van der Waals surface area contributed by atoms with Crippen molar-refractivity contribution in [2.24, 2.45) is 0 Å². The Balaban J connectivity index is 2.39. The SMILES string of the molecule is COP1(=S)Oc2ccccc2O1. The van der Waals surface area contributed by atoms with E-state index in [1.165, 1.54) is 7.11 Å². The van der Waals surface area contributed by atoms with Gasteiger partial charge in [0.2, 0.25) is 0 Å². The summed E-state index contributed by atoms with van der Waals surface area (Å²) in [4.78, 5) is 0. The molecule has 12 heavy (non-hydrogen) atoms. The summed E-state index contributed by atoms with van der Waals surface area (Å²) in [5, 5.41) is 0. The first-order valence-electron chi connectivity index (χ1n) is 3.37. The largest absolute Gasteiger partial charge is 0.434 e. The van der Waals surface area contributed by atoms with Crippen LogP contribution in [0.3, 0.4) is 0 Å². The van der Waals surface area contributed by atoms with Crippen LogP contribution in [0.2, 0.25) is 0 Å². The molecule has 2 rings (SSSR count). The highest BCUT2D eigenvalue weighted by Gasteiger charge is 2.31. The van der Waals surface area contributed by atoms with E-state index in [1.54, 1.807) is 0 Å². The molecular formula is C7H7O3PS. The first kappa shape index (κ1) is 8.05. The molecule has 1 heterocycles. The number of hydrogen-bond donors (Lipinski definition) is 0. The predicted octanol–water partition coefficient (Wildman–Crippen LogP) is 2.33. The molecule has 0 atom stereocenters. The highest BCUT2D eigenvalue weighted by molar-refractivity contribution is 8.08. The van der Waals surface area contributed by atoms with Crippen molar-refractivity contribution in [3.63, 3.8) is 0 Å². The Bertz CT molecular complexity index is 323. The Hall–Kier alpha value is -0.570. The molecule has 1 aromatic rings. The number of hydrogen-bond acceptors (Lipinski definition) is 4. The minimum absolute atomic E-state index is 0.669. The molecule has 0 aliphatic carbocycles. The molecule has 1 aliphatic rings. The van der Waals surface area contributed by atoms with Gasteiger partial charge in [-0.25, -0.2) is 0 Å². The van der Waals surface area contributed by atoms with Gasteiger partial charge in [0, 0.05) is 18.9 Å². The van der Waals surface area contributed by atoms with Gasteiger partial charge in [-0.05, 0) is 12.1 Å². The predicted molar refractivity (Wildman–Crippen MR) is 49.0 cm³/mol. The van der Waals surface area contributed by atoms with E-state index in [4.69, 9.17) is 25.4 Å². The van der Waals surface area contributed by atoms with Crippen LogP contribution in [-0.2, 0) is 16.3 Å². The van der Waals surface area contributed by atoms with E-state index in [0.717, 1.165) is 0 Å². The van der Waals surface area contributed by atoms with E-state index < -0.39 is 6.72 Å². The van der Waals surface area contributed by atoms with Crippen LogP contribution in [0.5, 0.6) is 11.5 Å². The van der Waals surface area contributed by atoms with Crippen LogP contribution < -0.4 is 9.05 Å². The molecule has 3 nitrogen and oxygen atoms in total. The third-order valence-electron chi connectivity index (χ3n) is 1.49. The smallest absolute Gasteiger partial charge is 0.412 e. The van der Waals surface area contributed by atoms with Crippen molar-refractivity contribution in [2.75, 3.05) is 7.11 Å². The monoisotopic (exact) mass is 202 g/mol. The molecular weight excluding hydrogens is 195 g/mol. The van der Waals surface area contributed by atoms with Gasteiger partial charge in [0.05, 0.1) is 0 Å². The van der Waals surface area contributed by atoms with Gasteiger partial charge in [-0.2, -0.15) is 0 Å². The lowest BCUT2D eigenvalue weighted by Gasteiger charge is -2.09. The Labute approximate surface area is 75.5 Å². The molecule has 0 fully saturated rings. The lowest BCUT2D eigenvalue weighted by atomic mass is 10.3. The molecule has 1 aliphatic heterocycles. The number of para-hydroxylation sites is 2. The zero-order valence-corrected chi connectivity index (χ0v) is 8.10. The summed E-state index contributed by atoms with van der Waals surface area (Å²) in [7, 11) is 1.49. The molecule has 1 aromatic carbocycles. The average molecular weight is 202 g/mol. The fourth-order valence-electron chi connectivity index (χ4n) is 0.935. The molecule has 0 saturated carbocycles. The maximum absolute atomic E-state index is 5.33. The van der Waals surface area contributed by atoms with E-state index in [0.29, 0.717) is 11.5 Å². The van der Waals surface area contributed by atoms with Crippen molar-refractivity contribution in [3.8, 4) is 11.5 Å². The van der Waals surface area contributed by atoms with Crippen LogP contribution >= 0.6 is 6.72 Å². The summed E-state index contributed by atoms with van der Waals surface area (Å²) in [6.45, 7) is -2.50. The van der Waals surface area contributed by atoms with Crippen molar-refractivity contribution in [3.05, 3.63) is 24.3 Å². The summed E-state index contributed by atoms with van der Waals surface area (Å²) >= 11 is 5.02. The molecule has 0 saturated heterocycles. The first-order valence-corrected chi connectivity index (χ1v) is 5.93. The summed E-state index contributed by atoms with van der Waals surface area (Å²) in [6.07, 6.45) is 0. The van der Waals surface area contributed by atoms with E-state index in [1.807, 2.05) is 24.3 Å². The Morgan fingerprint density at radius 3 is 2.17 bits per heavy atom. The molecule has 0 spiro atoms.